The molecule has 154 valence electrons. The lowest BCUT2D eigenvalue weighted by molar-refractivity contribution is -0.131. The average molecular weight is 398 g/mol. The highest BCUT2D eigenvalue weighted by molar-refractivity contribution is 5.79. The fourth-order valence-electron chi connectivity index (χ4n) is 4.32. The fourth-order valence-corrected chi connectivity index (χ4v) is 4.32. The number of fused-ring (bicyclic) bond motifs is 1. The lowest BCUT2D eigenvalue weighted by Crippen LogP contribution is -2.40. The standard InChI is InChI=1S/C22H27FN4O2/c1-14(2)26-11-9-18-16(13-26)22(29)25-21(24-18)19-8-5-10-27(19)20(28)12-15-6-3-4-7-17(15)23/h3-4,6-7,14,19H,5,8-13H2,1-2H3,(H,24,25,29)/t19-/m0/s1. The zero-order chi connectivity index (χ0) is 20.5. The summed E-state index contributed by atoms with van der Waals surface area (Å²) in [6, 6.07) is 6.48. The largest absolute Gasteiger partial charge is 0.332 e. The molecule has 2 aliphatic rings. The van der Waals surface area contributed by atoms with Crippen molar-refractivity contribution >= 4 is 5.91 Å². The van der Waals surface area contributed by atoms with Gasteiger partial charge >= 0.3 is 0 Å². The van der Waals surface area contributed by atoms with Crippen LogP contribution in [0.2, 0.25) is 0 Å². The number of rotatable bonds is 4. The number of halogens is 1. The summed E-state index contributed by atoms with van der Waals surface area (Å²) in [4.78, 5) is 37.3. The van der Waals surface area contributed by atoms with Crippen LogP contribution in [0.4, 0.5) is 4.39 Å². The Bertz CT molecular complexity index is 972. The third-order valence-electron chi connectivity index (χ3n) is 6.04. The summed E-state index contributed by atoms with van der Waals surface area (Å²) >= 11 is 0. The molecule has 0 spiro atoms. The van der Waals surface area contributed by atoms with Gasteiger partial charge in [-0.15, -0.1) is 0 Å². The molecule has 3 heterocycles. The molecule has 1 aromatic heterocycles. The topological polar surface area (TPSA) is 69.3 Å². The van der Waals surface area contributed by atoms with Gasteiger partial charge in [-0.05, 0) is 38.3 Å². The van der Waals surface area contributed by atoms with Gasteiger partial charge in [-0.1, -0.05) is 18.2 Å². The average Bonchev–Trinajstić information content (AvgIpc) is 3.19. The summed E-state index contributed by atoms with van der Waals surface area (Å²) in [6.07, 6.45) is 2.35. The summed E-state index contributed by atoms with van der Waals surface area (Å²) in [5.41, 5.74) is 1.86. The predicted octanol–water partition coefficient (Wildman–Crippen LogP) is 2.58. The van der Waals surface area contributed by atoms with Crippen molar-refractivity contribution in [3.05, 3.63) is 63.1 Å². The molecule has 2 aromatic rings. The van der Waals surface area contributed by atoms with Gasteiger partial charge in [0.2, 0.25) is 5.91 Å². The molecular weight excluding hydrogens is 371 g/mol. The lowest BCUT2D eigenvalue weighted by Gasteiger charge is -2.31. The number of hydrogen-bond donors (Lipinski definition) is 1. The Morgan fingerprint density at radius 1 is 1.31 bits per heavy atom. The van der Waals surface area contributed by atoms with E-state index in [4.69, 9.17) is 4.98 Å². The highest BCUT2D eigenvalue weighted by atomic mass is 19.1. The van der Waals surface area contributed by atoms with Gasteiger partial charge in [0.15, 0.2) is 0 Å². The Balaban J connectivity index is 1.56. The molecule has 7 heteroatoms. The van der Waals surface area contributed by atoms with Gasteiger partial charge in [0, 0.05) is 32.1 Å². The number of benzene rings is 1. The molecule has 0 aliphatic carbocycles. The van der Waals surface area contributed by atoms with E-state index in [2.05, 4.69) is 23.7 Å². The molecule has 0 radical (unpaired) electrons. The minimum atomic E-state index is -0.369. The summed E-state index contributed by atoms with van der Waals surface area (Å²) in [7, 11) is 0. The summed E-state index contributed by atoms with van der Waals surface area (Å²) < 4.78 is 14.0. The van der Waals surface area contributed by atoms with E-state index in [0.717, 1.165) is 37.1 Å². The summed E-state index contributed by atoms with van der Waals surface area (Å²) in [6.45, 7) is 6.33. The van der Waals surface area contributed by atoms with Crippen LogP contribution >= 0.6 is 0 Å². The third-order valence-corrected chi connectivity index (χ3v) is 6.04. The molecule has 1 fully saturated rings. The van der Waals surface area contributed by atoms with Crippen molar-refractivity contribution < 1.29 is 9.18 Å². The van der Waals surface area contributed by atoms with E-state index in [1.54, 1.807) is 23.1 Å². The van der Waals surface area contributed by atoms with Crippen LogP contribution in [-0.4, -0.2) is 44.8 Å². The Hall–Kier alpha value is -2.54. The van der Waals surface area contributed by atoms with Gasteiger partial charge in [-0.2, -0.15) is 0 Å². The second-order valence-corrected chi connectivity index (χ2v) is 8.20. The first-order valence-corrected chi connectivity index (χ1v) is 10.3. The number of amides is 1. The third kappa shape index (κ3) is 3.96. The van der Waals surface area contributed by atoms with Crippen LogP contribution in [0.25, 0.3) is 0 Å². The van der Waals surface area contributed by atoms with Crippen LogP contribution in [0.1, 0.15) is 55.4 Å². The Kier molecular flexibility index (Phi) is 5.50. The lowest BCUT2D eigenvalue weighted by atomic mass is 10.0. The van der Waals surface area contributed by atoms with Crippen LogP contribution < -0.4 is 5.56 Å². The number of H-pyrrole nitrogens is 1. The van der Waals surface area contributed by atoms with Crippen molar-refractivity contribution in [3.8, 4) is 0 Å². The van der Waals surface area contributed by atoms with Crippen LogP contribution in [0.5, 0.6) is 0 Å². The predicted molar refractivity (Wildman–Crippen MR) is 108 cm³/mol. The van der Waals surface area contributed by atoms with Crippen LogP contribution in [0.15, 0.2) is 29.1 Å². The summed E-state index contributed by atoms with van der Waals surface area (Å²) in [5, 5.41) is 0. The number of nitrogens with one attached hydrogen (secondary N) is 1. The first kappa shape index (κ1) is 19.8. The zero-order valence-corrected chi connectivity index (χ0v) is 16.9. The minimum absolute atomic E-state index is 0.0156. The maximum Gasteiger partial charge on any atom is 0.255 e. The Morgan fingerprint density at radius 3 is 2.86 bits per heavy atom. The number of carbonyl (C=O) groups is 1. The van der Waals surface area contributed by atoms with Crippen molar-refractivity contribution in [1.82, 2.24) is 19.8 Å². The van der Waals surface area contributed by atoms with E-state index in [9.17, 15) is 14.0 Å². The molecule has 6 nitrogen and oxygen atoms in total. The zero-order valence-electron chi connectivity index (χ0n) is 16.9. The first-order valence-electron chi connectivity index (χ1n) is 10.3. The van der Waals surface area contributed by atoms with Crippen LogP contribution in [0.3, 0.4) is 0 Å². The number of nitrogens with zero attached hydrogens (tertiary/aromatic N) is 3. The van der Waals surface area contributed by atoms with Gasteiger partial charge in [-0.25, -0.2) is 9.37 Å². The molecular formula is C22H27FN4O2. The minimum Gasteiger partial charge on any atom is -0.332 e. The molecule has 2 aliphatic heterocycles. The van der Waals surface area contributed by atoms with Crippen LogP contribution in [-0.2, 0) is 24.2 Å². The SMILES string of the molecule is CC(C)N1CCc2nc([C@@H]3CCCN3C(=O)Cc3ccccc3F)[nH]c(=O)c2C1. The molecule has 1 saturated heterocycles. The van der Waals surface area contributed by atoms with Gasteiger partial charge < -0.3 is 9.88 Å². The number of hydrogen-bond acceptors (Lipinski definition) is 4. The monoisotopic (exact) mass is 398 g/mol. The van der Waals surface area contributed by atoms with Crippen molar-refractivity contribution in [2.24, 2.45) is 0 Å². The normalized spacial score (nSPS) is 19.6. The fraction of sp³-hybridized carbons (Fsp3) is 0.500. The number of aromatic amines is 1. The van der Waals surface area contributed by atoms with Gasteiger partial charge in [-0.3, -0.25) is 14.5 Å². The summed E-state index contributed by atoms with van der Waals surface area (Å²) in [5.74, 6) is 0.0571. The molecule has 1 aromatic carbocycles. The van der Waals surface area contributed by atoms with E-state index in [-0.39, 0.29) is 29.7 Å². The highest BCUT2D eigenvalue weighted by Crippen LogP contribution is 2.31. The van der Waals surface area contributed by atoms with Crippen LogP contribution in [0, 0.1) is 5.82 Å². The number of aromatic nitrogens is 2. The van der Waals surface area contributed by atoms with Crippen molar-refractivity contribution in [2.45, 2.75) is 58.2 Å². The Morgan fingerprint density at radius 2 is 2.10 bits per heavy atom. The van der Waals surface area contributed by atoms with E-state index in [1.165, 1.54) is 6.07 Å². The first-order chi connectivity index (χ1) is 13.9. The number of carbonyl (C=O) groups excluding carboxylic acids is 1. The highest BCUT2D eigenvalue weighted by Gasteiger charge is 2.33. The number of likely N-dealkylation sites (tertiary alicyclic amines) is 1. The maximum absolute atomic E-state index is 14.0. The molecule has 4 rings (SSSR count). The van der Waals surface area contributed by atoms with E-state index in [1.807, 2.05) is 0 Å². The molecule has 1 amide bonds. The molecule has 0 bridgehead atoms. The molecule has 29 heavy (non-hydrogen) atoms. The van der Waals surface area contributed by atoms with E-state index in [0.29, 0.717) is 30.5 Å². The van der Waals surface area contributed by atoms with Gasteiger partial charge in [0.25, 0.3) is 5.56 Å². The van der Waals surface area contributed by atoms with E-state index >= 15 is 0 Å². The molecule has 1 N–H and O–H groups in total. The second kappa shape index (κ2) is 8.06. The quantitative estimate of drug-likeness (QED) is 0.860. The van der Waals surface area contributed by atoms with Gasteiger partial charge in [0.05, 0.1) is 23.7 Å². The van der Waals surface area contributed by atoms with Crippen molar-refractivity contribution in [3.63, 3.8) is 0 Å². The molecule has 1 atom stereocenters. The Labute approximate surface area is 169 Å². The van der Waals surface area contributed by atoms with Crippen molar-refractivity contribution in [1.29, 1.82) is 0 Å². The molecule has 0 unspecified atom stereocenters. The van der Waals surface area contributed by atoms with Gasteiger partial charge in [0.1, 0.15) is 11.6 Å². The second-order valence-electron chi connectivity index (χ2n) is 8.20. The molecule has 0 saturated carbocycles. The maximum atomic E-state index is 14.0. The smallest absolute Gasteiger partial charge is 0.255 e. The van der Waals surface area contributed by atoms with E-state index < -0.39 is 0 Å². The van der Waals surface area contributed by atoms with Crippen molar-refractivity contribution in [2.75, 3.05) is 13.1 Å².